The van der Waals surface area contributed by atoms with Crippen molar-refractivity contribution in [2.75, 3.05) is 19.0 Å². The van der Waals surface area contributed by atoms with Gasteiger partial charge in [0.15, 0.2) is 11.5 Å². The molecule has 29 heavy (non-hydrogen) atoms. The molecule has 0 unspecified atom stereocenters. The van der Waals surface area contributed by atoms with Crippen LogP contribution in [0.4, 0.5) is 5.82 Å². The van der Waals surface area contributed by atoms with Gasteiger partial charge in [0.1, 0.15) is 5.82 Å². The third kappa shape index (κ3) is 5.04. The Balaban J connectivity index is 1.83. The summed E-state index contributed by atoms with van der Waals surface area (Å²) in [7, 11) is 1.54. The molecule has 1 N–H and O–H groups in total. The number of amides is 1. The molecular formula is C20H18BrCl2N3O3. The second-order valence-electron chi connectivity index (χ2n) is 5.99. The predicted molar refractivity (Wildman–Crippen MR) is 118 cm³/mol. The van der Waals surface area contributed by atoms with Crippen LogP contribution < -0.4 is 14.8 Å². The Hall–Kier alpha value is -2.22. The van der Waals surface area contributed by atoms with Crippen LogP contribution in [0.15, 0.2) is 47.1 Å². The maximum absolute atomic E-state index is 12.8. The summed E-state index contributed by atoms with van der Waals surface area (Å²) in [5.74, 6) is 1.24. The minimum atomic E-state index is -0.307. The summed E-state index contributed by atoms with van der Waals surface area (Å²) >= 11 is 15.6. The van der Waals surface area contributed by atoms with E-state index >= 15 is 0 Å². The molecule has 9 heteroatoms. The highest BCUT2D eigenvalue weighted by molar-refractivity contribution is 9.10. The second-order valence-corrected chi connectivity index (χ2v) is 7.68. The molecule has 152 valence electrons. The Morgan fingerprint density at radius 1 is 1.24 bits per heavy atom. The van der Waals surface area contributed by atoms with Crippen LogP contribution in [0.3, 0.4) is 0 Å². The summed E-state index contributed by atoms with van der Waals surface area (Å²) in [6.45, 7) is 2.69. The van der Waals surface area contributed by atoms with Crippen molar-refractivity contribution in [1.82, 2.24) is 9.78 Å². The van der Waals surface area contributed by atoms with Crippen LogP contribution >= 0.6 is 39.1 Å². The number of ether oxygens (including phenoxy) is 2. The summed E-state index contributed by atoms with van der Waals surface area (Å²) < 4.78 is 13.2. The standard InChI is InChI=1S/C20H18BrCl2N3O3/c1-3-29-17-9-13(8-15(21)19(17)28-2)20(27)25-18-6-7-24-26(18)11-12-4-5-14(22)10-16(12)23/h4-10H,3,11H2,1-2H3,(H,25,27). The topological polar surface area (TPSA) is 65.4 Å². The van der Waals surface area contributed by atoms with Gasteiger partial charge in [-0.2, -0.15) is 5.10 Å². The predicted octanol–water partition coefficient (Wildman–Crippen LogP) is 5.66. The molecule has 0 saturated heterocycles. The van der Waals surface area contributed by atoms with Gasteiger partial charge in [-0.3, -0.25) is 4.79 Å². The molecule has 1 heterocycles. The molecule has 1 amide bonds. The van der Waals surface area contributed by atoms with Crippen molar-refractivity contribution < 1.29 is 14.3 Å². The van der Waals surface area contributed by atoms with Crippen molar-refractivity contribution in [3.63, 3.8) is 0 Å². The van der Waals surface area contributed by atoms with Crippen LogP contribution in [0, 0.1) is 0 Å². The first-order chi connectivity index (χ1) is 13.9. The van der Waals surface area contributed by atoms with Crippen LogP contribution in [0.5, 0.6) is 11.5 Å². The molecule has 6 nitrogen and oxygen atoms in total. The molecular weight excluding hydrogens is 481 g/mol. The van der Waals surface area contributed by atoms with E-state index in [4.69, 9.17) is 32.7 Å². The lowest BCUT2D eigenvalue weighted by molar-refractivity contribution is 0.102. The van der Waals surface area contributed by atoms with Gasteiger partial charge >= 0.3 is 0 Å². The molecule has 0 fully saturated rings. The molecule has 2 aromatic carbocycles. The van der Waals surface area contributed by atoms with Crippen LogP contribution in [-0.4, -0.2) is 29.4 Å². The van der Waals surface area contributed by atoms with Crippen molar-refractivity contribution in [2.45, 2.75) is 13.5 Å². The fourth-order valence-corrected chi connectivity index (χ4v) is 3.80. The minimum Gasteiger partial charge on any atom is -0.492 e. The normalized spacial score (nSPS) is 10.7. The van der Waals surface area contributed by atoms with Crippen molar-refractivity contribution in [2.24, 2.45) is 0 Å². The van der Waals surface area contributed by atoms with Gasteiger partial charge in [0.25, 0.3) is 5.91 Å². The zero-order valence-corrected chi connectivity index (χ0v) is 18.8. The number of rotatable bonds is 7. The number of carbonyl (C=O) groups excluding carboxylic acids is 1. The molecule has 3 aromatic rings. The van der Waals surface area contributed by atoms with E-state index in [0.717, 1.165) is 5.56 Å². The number of benzene rings is 2. The minimum absolute atomic E-state index is 0.307. The maximum Gasteiger partial charge on any atom is 0.256 e. The van der Waals surface area contributed by atoms with Crippen molar-refractivity contribution in [3.05, 3.63) is 68.2 Å². The SMILES string of the molecule is CCOc1cc(C(=O)Nc2ccnn2Cc2ccc(Cl)cc2Cl)cc(Br)c1OC. The summed E-state index contributed by atoms with van der Waals surface area (Å²) in [6, 6.07) is 10.3. The average Bonchev–Trinajstić information content (AvgIpc) is 3.10. The van der Waals surface area contributed by atoms with Crippen LogP contribution in [-0.2, 0) is 6.54 Å². The zero-order valence-electron chi connectivity index (χ0n) is 15.7. The molecule has 0 saturated carbocycles. The maximum atomic E-state index is 12.8. The number of hydrogen-bond acceptors (Lipinski definition) is 4. The Morgan fingerprint density at radius 2 is 2.03 bits per heavy atom. The number of methoxy groups -OCH3 is 1. The van der Waals surface area contributed by atoms with Gasteiger partial charge in [-0.15, -0.1) is 0 Å². The Morgan fingerprint density at radius 3 is 2.72 bits per heavy atom. The van der Waals surface area contributed by atoms with Crippen molar-refractivity contribution in [3.8, 4) is 11.5 Å². The number of aromatic nitrogens is 2. The lowest BCUT2D eigenvalue weighted by atomic mass is 10.2. The number of nitrogens with one attached hydrogen (secondary N) is 1. The summed E-state index contributed by atoms with van der Waals surface area (Å²) in [6.07, 6.45) is 1.61. The molecule has 0 aliphatic rings. The first-order valence-corrected chi connectivity index (χ1v) is 10.2. The van der Waals surface area contributed by atoms with Gasteiger partial charge in [0.05, 0.1) is 30.9 Å². The highest BCUT2D eigenvalue weighted by atomic mass is 79.9. The van der Waals surface area contributed by atoms with Crippen molar-refractivity contribution >= 4 is 50.9 Å². The monoisotopic (exact) mass is 497 g/mol. The molecule has 1 aromatic heterocycles. The molecule has 0 aliphatic heterocycles. The van der Waals surface area contributed by atoms with E-state index < -0.39 is 0 Å². The van der Waals surface area contributed by atoms with Gasteiger partial charge in [-0.1, -0.05) is 29.3 Å². The summed E-state index contributed by atoms with van der Waals surface area (Å²) in [5, 5.41) is 8.23. The molecule has 0 aliphatic carbocycles. The molecule has 3 rings (SSSR count). The van der Waals surface area contributed by atoms with Gasteiger partial charge in [0.2, 0.25) is 0 Å². The lowest BCUT2D eigenvalue weighted by Crippen LogP contribution is -2.16. The zero-order chi connectivity index (χ0) is 21.0. The number of anilines is 1. The number of nitrogens with zero attached hydrogens (tertiary/aromatic N) is 2. The molecule has 0 radical (unpaired) electrons. The van der Waals surface area contributed by atoms with E-state index in [0.29, 0.717) is 50.5 Å². The van der Waals surface area contributed by atoms with E-state index in [9.17, 15) is 4.79 Å². The van der Waals surface area contributed by atoms with Crippen molar-refractivity contribution in [1.29, 1.82) is 0 Å². The van der Waals surface area contributed by atoms with Crippen LogP contribution in [0.1, 0.15) is 22.8 Å². The van der Waals surface area contributed by atoms with Gasteiger partial charge in [-0.05, 0) is 52.7 Å². The largest absolute Gasteiger partial charge is 0.492 e. The quantitative estimate of drug-likeness (QED) is 0.456. The third-order valence-corrected chi connectivity index (χ3v) is 5.25. The highest BCUT2D eigenvalue weighted by Gasteiger charge is 2.17. The fraction of sp³-hybridized carbons (Fsp3) is 0.200. The average molecular weight is 499 g/mol. The van der Waals surface area contributed by atoms with Gasteiger partial charge in [0, 0.05) is 21.7 Å². The van der Waals surface area contributed by atoms with Crippen LogP contribution in [0.25, 0.3) is 0 Å². The van der Waals surface area contributed by atoms with Gasteiger partial charge in [-0.25, -0.2) is 4.68 Å². The van der Waals surface area contributed by atoms with E-state index in [1.165, 1.54) is 0 Å². The fourth-order valence-electron chi connectivity index (χ4n) is 2.72. The van der Waals surface area contributed by atoms with Gasteiger partial charge < -0.3 is 14.8 Å². The van der Waals surface area contributed by atoms with Crippen LogP contribution in [0.2, 0.25) is 10.0 Å². The summed E-state index contributed by atoms with van der Waals surface area (Å²) in [4.78, 5) is 12.8. The number of halogens is 3. The number of hydrogen-bond donors (Lipinski definition) is 1. The summed E-state index contributed by atoms with van der Waals surface area (Å²) in [5.41, 5.74) is 1.25. The van der Waals surface area contributed by atoms with E-state index in [1.807, 2.05) is 13.0 Å². The second kappa shape index (κ2) is 9.52. The third-order valence-electron chi connectivity index (χ3n) is 4.07. The number of carbonyl (C=O) groups is 1. The molecule has 0 spiro atoms. The van der Waals surface area contributed by atoms with E-state index in [-0.39, 0.29) is 5.91 Å². The Bertz CT molecular complexity index is 1040. The van der Waals surface area contributed by atoms with E-state index in [2.05, 4.69) is 26.3 Å². The van der Waals surface area contributed by atoms with E-state index in [1.54, 1.807) is 48.3 Å². The molecule has 0 atom stereocenters. The lowest BCUT2D eigenvalue weighted by Gasteiger charge is -2.14. The smallest absolute Gasteiger partial charge is 0.256 e. The Kier molecular flexibility index (Phi) is 7.05. The Labute approximate surface area is 186 Å². The first kappa shape index (κ1) is 21.5. The molecule has 0 bridgehead atoms. The first-order valence-electron chi connectivity index (χ1n) is 8.70. The highest BCUT2D eigenvalue weighted by Crippen LogP contribution is 2.36.